The van der Waals surface area contributed by atoms with Gasteiger partial charge in [0.1, 0.15) is 0 Å². The first-order chi connectivity index (χ1) is 17.0. The van der Waals surface area contributed by atoms with E-state index in [0.717, 1.165) is 24.9 Å². The molecule has 3 aromatic carbocycles. The molecule has 2 saturated heterocycles. The number of aryl methyl sites for hydroxylation is 1. The molecule has 2 heterocycles. The summed E-state index contributed by atoms with van der Waals surface area (Å²) in [6.45, 7) is 4.57. The van der Waals surface area contributed by atoms with Crippen LogP contribution in [0.2, 0.25) is 0 Å². The van der Waals surface area contributed by atoms with Crippen LogP contribution in [0.5, 0.6) is 0 Å². The van der Waals surface area contributed by atoms with E-state index >= 15 is 0 Å². The molecular formula is C29H34N2O3S. The van der Waals surface area contributed by atoms with E-state index in [4.69, 9.17) is 4.74 Å². The number of nitrogens with zero attached hydrogens (tertiary/aromatic N) is 2. The van der Waals surface area contributed by atoms with Gasteiger partial charge in [0.05, 0.1) is 11.5 Å². The van der Waals surface area contributed by atoms with E-state index in [1.165, 1.54) is 16.7 Å². The fraction of sp³-hybridized carbons (Fsp3) is 0.379. The summed E-state index contributed by atoms with van der Waals surface area (Å²) in [6.07, 6.45) is 1.85. The largest absolute Gasteiger partial charge is 0.383 e. The quantitative estimate of drug-likeness (QED) is 0.492. The Balaban J connectivity index is 1.45. The lowest BCUT2D eigenvalue weighted by molar-refractivity contribution is -0.0635. The maximum Gasteiger partial charge on any atom is 0.243 e. The lowest BCUT2D eigenvalue weighted by atomic mass is 9.74. The molecule has 0 spiro atoms. The summed E-state index contributed by atoms with van der Waals surface area (Å²) in [6, 6.07) is 26.9. The van der Waals surface area contributed by atoms with Gasteiger partial charge in [-0.25, -0.2) is 8.42 Å². The van der Waals surface area contributed by atoms with Crippen molar-refractivity contribution in [1.29, 1.82) is 0 Å². The van der Waals surface area contributed by atoms with Crippen LogP contribution in [-0.4, -0.2) is 63.1 Å². The third-order valence-corrected chi connectivity index (χ3v) is 9.62. The number of methoxy groups -OCH3 is 1. The Kier molecular flexibility index (Phi) is 7.07. The number of hydrogen-bond acceptors (Lipinski definition) is 4. The maximum absolute atomic E-state index is 13.7. The van der Waals surface area contributed by atoms with Gasteiger partial charge in [0, 0.05) is 38.2 Å². The van der Waals surface area contributed by atoms with Crippen molar-refractivity contribution in [3.63, 3.8) is 0 Å². The smallest absolute Gasteiger partial charge is 0.243 e. The van der Waals surface area contributed by atoms with Gasteiger partial charge in [-0.15, -0.1) is 0 Å². The lowest BCUT2D eigenvalue weighted by Gasteiger charge is -2.57. The highest BCUT2D eigenvalue weighted by molar-refractivity contribution is 7.89. The number of ether oxygens (including phenoxy) is 1. The second-order valence-electron chi connectivity index (χ2n) is 9.68. The molecule has 2 aliphatic rings. The minimum Gasteiger partial charge on any atom is -0.383 e. The second-order valence-corrected chi connectivity index (χ2v) is 11.6. The Labute approximate surface area is 209 Å². The highest BCUT2D eigenvalue weighted by atomic mass is 32.2. The predicted molar refractivity (Wildman–Crippen MR) is 140 cm³/mol. The average Bonchev–Trinajstić information content (AvgIpc) is 2.86. The van der Waals surface area contributed by atoms with Gasteiger partial charge in [-0.2, -0.15) is 4.31 Å². The van der Waals surface area contributed by atoms with Crippen molar-refractivity contribution >= 4 is 10.0 Å². The molecule has 2 aliphatic heterocycles. The topological polar surface area (TPSA) is 49.9 Å². The van der Waals surface area contributed by atoms with Gasteiger partial charge in [-0.05, 0) is 54.6 Å². The molecule has 184 valence electrons. The molecule has 0 amide bonds. The highest BCUT2D eigenvalue weighted by Crippen LogP contribution is 2.43. The van der Waals surface area contributed by atoms with Crippen LogP contribution >= 0.6 is 0 Å². The molecule has 3 atom stereocenters. The molecule has 5 nitrogen and oxygen atoms in total. The summed E-state index contributed by atoms with van der Waals surface area (Å²) in [5.74, 6) is 0.229. The van der Waals surface area contributed by atoms with Crippen molar-refractivity contribution in [1.82, 2.24) is 9.21 Å². The van der Waals surface area contributed by atoms with Gasteiger partial charge < -0.3 is 4.74 Å². The summed E-state index contributed by atoms with van der Waals surface area (Å²) in [5, 5.41) is 0. The van der Waals surface area contributed by atoms with Crippen LogP contribution in [0.25, 0.3) is 11.1 Å². The summed E-state index contributed by atoms with van der Waals surface area (Å²) in [4.78, 5) is 2.89. The van der Waals surface area contributed by atoms with E-state index in [9.17, 15) is 8.42 Å². The monoisotopic (exact) mass is 490 g/mol. The molecule has 35 heavy (non-hydrogen) atoms. The molecule has 0 aromatic heterocycles. The molecule has 5 rings (SSSR count). The normalized spacial score (nSPS) is 23.7. The van der Waals surface area contributed by atoms with Gasteiger partial charge in [-0.3, -0.25) is 4.90 Å². The van der Waals surface area contributed by atoms with E-state index in [-0.39, 0.29) is 18.0 Å². The van der Waals surface area contributed by atoms with E-state index in [1.54, 1.807) is 17.5 Å². The third-order valence-electron chi connectivity index (χ3n) is 7.60. The van der Waals surface area contributed by atoms with Crippen LogP contribution in [0.15, 0.2) is 83.8 Å². The third kappa shape index (κ3) is 4.68. The minimum absolute atomic E-state index is 0.136. The van der Waals surface area contributed by atoms with Crippen molar-refractivity contribution in [2.24, 2.45) is 0 Å². The SMILES string of the molecule is COCC1[C@@H](c2ccc(-c3ccccc3)cc2)[C@@H]2CN(S(=O)(=O)c3ccccc3C)CCCCN12. The highest BCUT2D eigenvalue weighted by Gasteiger charge is 2.50. The standard InChI is InChI=1S/C29H34N2O3S/c1-22-10-6-7-13-28(22)35(32,33)30-18-8-9-19-31-26(20-30)29(27(31)21-34-2)25-16-14-24(15-17-25)23-11-4-3-5-12-23/h3-7,10-17,26-27,29H,8-9,18-21H2,1-2H3/t26-,27?,29-/m0/s1. The number of rotatable bonds is 6. The van der Waals surface area contributed by atoms with Crippen molar-refractivity contribution in [2.45, 2.75) is 42.7 Å². The molecule has 0 saturated carbocycles. The summed E-state index contributed by atoms with van der Waals surface area (Å²) in [5.41, 5.74) is 4.44. The molecule has 2 fully saturated rings. The summed E-state index contributed by atoms with van der Waals surface area (Å²) in [7, 11) is -1.81. The number of fused-ring (bicyclic) bond motifs is 1. The zero-order valence-electron chi connectivity index (χ0n) is 20.5. The van der Waals surface area contributed by atoms with Crippen LogP contribution < -0.4 is 0 Å². The molecule has 0 bridgehead atoms. The van der Waals surface area contributed by atoms with Crippen LogP contribution in [0.3, 0.4) is 0 Å². The van der Waals surface area contributed by atoms with Gasteiger partial charge in [0.25, 0.3) is 0 Å². The summed E-state index contributed by atoms with van der Waals surface area (Å²) < 4.78 is 34.7. The van der Waals surface area contributed by atoms with Crippen LogP contribution in [0, 0.1) is 6.92 Å². The molecule has 1 unspecified atom stereocenters. The number of hydrogen-bond donors (Lipinski definition) is 0. The Hall–Kier alpha value is -2.51. The van der Waals surface area contributed by atoms with Crippen molar-refractivity contribution in [3.8, 4) is 11.1 Å². The van der Waals surface area contributed by atoms with Gasteiger partial charge in [0.2, 0.25) is 10.0 Å². The zero-order valence-corrected chi connectivity index (χ0v) is 21.3. The first-order valence-corrected chi connectivity index (χ1v) is 13.9. The fourth-order valence-electron chi connectivity index (χ4n) is 5.79. The van der Waals surface area contributed by atoms with E-state index in [0.29, 0.717) is 24.6 Å². The molecule has 0 aliphatic carbocycles. The Morgan fingerprint density at radius 2 is 1.51 bits per heavy atom. The van der Waals surface area contributed by atoms with Crippen molar-refractivity contribution < 1.29 is 13.2 Å². The number of benzene rings is 3. The zero-order chi connectivity index (χ0) is 24.4. The van der Waals surface area contributed by atoms with Gasteiger partial charge in [0.15, 0.2) is 0 Å². The molecular weight excluding hydrogens is 456 g/mol. The number of sulfonamides is 1. The minimum atomic E-state index is -3.56. The maximum atomic E-state index is 13.7. The van der Waals surface area contributed by atoms with Crippen LogP contribution in [-0.2, 0) is 14.8 Å². The molecule has 6 heteroatoms. The molecule has 0 N–H and O–H groups in total. The first kappa shape index (κ1) is 24.2. The second kappa shape index (κ2) is 10.2. The summed E-state index contributed by atoms with van der Waals surface area (Å²) >= 11 is 0. The Morgan fingerprint density at radius 1 is 0.857 bits per heavy atom. The van der Waals surface area contributed by atoms with Crippen LogP contribution in [0.4, 0.5) is 0 Å². The van der Waals surface area contributed by atoms with Crippen molar-refractivity contribution in [2.75, 3.05) is 33.4 Å². The Bertz CT molecular complexity index is 1240. The van der Waals surface area contributed by atoms with E-state index < -0.39 is 10.0 Å². The van der Waals surface area contributed by atoms with Gasteiger partial charge in [-0.1, -0.05) is 72.8 Å². The molecule has 3 aromatic rings. The van der Waals surface area contributed by atoms with Crippen molar-refractivity contribution in [3.05, 3.63) is 90.0 Å². The average molecular weight is 491 g/mol. The Morgan fingerprint density at radius 3 is 2.23 bits per heavy atom. The predicted octanol–water partition coefficient (Wildman–Crippen LogP) is 4.93. The first-order valence-electron chi connectivity index (χ1n) is 12.5. The van der Waals surface area contributed by atoms with E-state index in [2.05, 4.69) is 53.4 Å². The lowest BCUT2D eigenvalue weighted by Crippen LogP contribution is -2.68. The van der Waals surface area contributed by atoms with E-state index in [1.807, 2.05) is 31.2 Å². The van der Waals surface area contributed by atoms with Crippen LogP contribution in [0.1, 0.15) is 29.9 Å². The van der Waals surface area contributed by atoms with Gasteiger partial charge >= 0.3 is 0 Å². The fourth-order valence-corrected chi connectivity index (χ4v) is 7.51. The molecule has 0 radical (unpaired) electrons.